The summed E-state index contributed by atoms with van der Waals surface area (Å²) in [5.41, 5.74) is 0.256. The van der Waals surface area contributed by atoms with Crippen molar-refractivity contribution in [2.75, 3.05) is 18.0 Å². The van der Waals surface area contributed by atoms with E-state index in [4.69, 9.17) is 0 Å². The van der Waals surface area contributed by atoms with Crippen LogP contribution >= 0.6 is 0 Å². The van der Waals surface area contributed by atoms with Gasteiger partial charge >= 0.3 is 0 Å². The van der Waals surface area contributed by atoms with E-state index in [-0.39, 0.29) is 42.7 Å². The Morgan fingerprint density at radius 2 is 1.71 bits per heavy atom. The number of amides is 3. The standard InChI is InChI=1S/C19H20F2N4O3/c20-16-13(24-7-10-1-2-11(8-24)22-10)5-9-6-25(19(28)15(9)17(16)21)12-3-4-14(26)23-18(12)27/h5,10-12,22H,1-4,6-8H2,(H,23,26,27). The quantitative estimate of drug-likeness (QED) is 0.726. The summed E-state index contributed by atoms with van der Waals surface area (Å²) in [5, 5.41) is 5.65. The molecule has 4 heterocycles. The predicted octanol–water partition coefficient (Wildman–Crippen LogP) is 0.666. The van der Waals surface area contributed by atoms with Gasteiger partial charge in [0.1, 0.15) is 6.04 Å². The Hall–Kier alpha value is -2.55. The zero-order chi connectivity index (χ0) is 19.6. The molecule has 0 aromatic heterocycles. The predicted molar refractivity (Wildman–Crippen MR) is 94.6 cm³/mol. The summed E-state index contributed by atoms with van der Waals surface area (Å²) in [6, 6.07) is 1.22. The Balaban J connectivity index is 1.46. The maximum absolute atomic E-state index is 14.9. The number of fused-ring (bicyclic) bond motifs is 3. The molecule has 1 aromatic carbocycles. The van der Waals surface area contributed by atoms with Crippen LogP contribution in [0.3, 0.4) is 0 Å². The molecule has 0 spiro atoms. The highest BCUT2D eigenvalue weighted by Crippen LogP contribution is 2.36. The van der Waals surface area contributed by atoms with Gasteiger partial charge < -0.3 is 15.1 Å². The molecule has 0 radical (unpaired) electrons. The molecule has 2 N–H and O–H groups in total. The highest BCUT2D eigenvalue weighted by molar-refractivity contribution is 6.05. The summed E-state index contributed by atoms with van der Waals surface area (Å²) in [6.07, 6.45) is 2.32. The largest absolute Gasteiger partial charge is 0.366 e. The number of hydrogen-bond acceptors (Lipinski definition) is 5. The molecule has 2 bridgehead atoms. The summed E-state index contributed by atoms with van der Waals surface area (Å²) in [6.45, 7) is 1.22. The van der Waals surface area contributed by atoms with Gasteiger partial charge in [-0.2, -0.15) is 0 Å². The minimum absolute atomic E-state index is 0.0313. The molecule has 9 heteroatoms. The first-order chi connectivity index (χ1) is 13.4. The fraction of sp³-hybridized carbons (Fsp3) is 0.526. The Morgan fingerprint density at radius 3 is 2.39 bits per heavy atom. The van der Waals surface area contributed by atoms with Crippen molar-refractivity contribution in [3.63, 3.8) is 0 Å². The molecule has 0 saturated carbocycles. The van der Waals surface area contributed by atoms with Crippen LogP contribution in [0.2, 0.25) is 0 Å². The van der Waals surface area contributed by atoms with Crippen molar-refractivity contribution in [3.05, 3.63) is 28.8 Å². The summed E-state index contributed by atoms with van der Waals surface area (Å²) in [5.74, 6) is -3.83. The summed E-state index contributed by atoms with van der Waals surface area (Å²) in [4.78, 5) is 39.3. The van der Waals surface area contributed by atoms with E-state index in [2.05, 4.69) is 10.6 Å². The second kappa shape index (κ2) is 6.23. The van der Waals surface area contributed by atoms with Gasteiger partial charge in [-0.1, -0.05) is 0 Å². The fourth-order valence-electron chi connectivity index (χ4n) is 4.87. The molecule has 0 aliphatic carbocycles. The van der Waals surface area contributed by atoms with E-state index in [1.807, 2.05) is 4.90 Å². The molecule has 3 saturated heterocycles. The zero-order valence-electron chi connectivity index (χ0n) is 15.1. The monoisotopic (exact) mass is 390 g/mol. The van der Waals surface area contributed by atoms with Crippen molar-refractivity contribution < 1.29 is 23.2 Å². The number of anilines is 1. The average Bonchev–Trinajstić information content (AvgIpc) is 3.17. The van der Waals surface area contributed by atoms with E-state index in [0.29, 0.717) is 18.7 Å². The Morgan fingerprint density at radius 1 is 1.00 bits per heavy atom. The number of halogens is 2. The first-order valence-electron chi connectivity index (χ1n) is 9.59. The van der Waals surface area contributed by atoms with E-state index in [1.54, 1.807) is 6.07 Å². The Bertz CT molecular complexity index is 894. The maximum Gasteiger partial charge on any atom is 0.258 e. The van der Waals surface area contributed by atoms with Crippen LogP contribution in [0, 0.1) is 11.6 Å². The third kappa shape index (κ3) is 2.60. The van der Waals surface area contributed by atoms with E-state index in [1.165, 1.54) is 4.90 Å². The van der Waals surface area contributed by atoms with Crippen LogP contribution in [0.5, 0.6) is 0 Å². The smallest absolute Gasteiger partial charge is 0.258 e. The number of nitrogens with zero attached hydrogens (tertiary/aromatic N) is 2. The molecule has 28 heavy (non-hydrogen) atoms. The zero-order valence-corrected chi connectivity index (χ0v) is 15.1. The number of hydrogen-bond donors (Lipinski definition) is 2. The van der Waals surface area contributed by atoms with Gasteiger partial charge in [0.05, 0.1) is 11.3 Å². The molecular formula is C19H20F2N4O3. The number of rotatable bonds is 2. The SMILES string of the molecule is O=C1CCC(N2Cc3cc(N4CC5CCC(C4)N5)c(F)c(F)c3C2=O)C(=O)N1. The van der Waals surface area contributed by atoms with E-state index >= 15 is 0 Å². The minimum Gasteiger partial charge on any atom is -0.366 e. The van der Waals surface area contributed by atoms with E-state index < -0.39 is 35.4 Å². The molecule has 148 valence electrons. The maximum atomic E-state index is 14.9. The molecular weight excluding hydrogens is 370 g/mol. The van der Waals surface area contributed by atoms with Crippen LogP contribution in [0.1, 0.15) is 41.6 Å². The third-order valence-electron chi connectivity index (χ3n) is 6.23. The van der Waals surface area contributed by atoms with Gasteiger partial charge in [0.25, 0.3) is 5.91 Å². The summed E-state index contributed by atoms with van der Waals surface area (Å²) >= 11 is 0. The second-order valence-electron chi connectivity index (χ2n) is 8.00. The van der Waals surface area contributed by atoms with E-state index in [9.17, 15) is 23.2 Å². The lowest BCUT2D eigenvalue weighted by Gasteiger charge is -2.35. The van der Waals surface area contributed by atoms with Crippen molar-refractivity contribution in [1.82, 2.24) is 15.5 Å². The number of carbonyl (C=O) groups excluding carboxylic acids is 3. The summed E-state index contributed by atoms with van der Waals surface area (Å²) < 4.78 is 29.7. The number of carbonyl (C=O) groups is 3. The van der Waals surface area contributed by atoms with Crippen LogP contribution in [0.15, 0.2) is 6.07 Å². The molecule has 5 rings (SSSR count). The second-order valence-corrected chi connectivity index (χ2v) is 8.00. The lowest BCUT2D eigenvalue weighted by Crippen LogP contribution is -2.52. The Kier molecular flexibility index (Phi) is 3.90. The van der Waals surface area contributed by atoms with Crippen LogP contribution < -0.4 is 15.5 Å². The first kappa shape index (κ1) is 17.5. The lowest BCUT2D eigenvalue weighted by molar-refractivity contribution is -0.136. The highest BCUT2D eigenvalue weighted by atomic mass is 19.2. The molecule has 3 fully saturated rings. The first-order valence-corrected chi connectivity index (χ1v) is 9.59. The van der Waals surface area contributed by atoms with Gasteiger partial charge in [-0.3, -0.25) is 19.7 Å². The molecule has 1 aromatic rings. The average molecular weight is 390 g/mol. The van der Waals surface area contributed by atoms with Crippen molar-refractivity contribution >= 4 is 23.4 Å². The fourth-order valence-corrected chi connectivity index (χ4v) is 4.87. The van der Waals surface area contributed by atoms with Gasteiger partial charge in [-0.05, 0) is 30.9 Å². The topological polar surface area (TPSA) is 81.8 Å². The van der Waals surface area contributed by atoms with Crippen molar-refractivity contribution in [3.8, 4) is 0 Å². The van der Waals surface area contributed by atoms with Gasteiger partial charge in [0.15, 0.2) is 11.6 Å². The van der Waals surface area contributed by atoms with Gasteiger partial charge in [-0.25, -0.2) is 8.78 Å². The van der Waals surface area contributed by atoms with Crippen molar-refractivity contribution in [2.45, 2.75) is 50.4 Å². The van der Waals surface area contributed by atoms with Gasteiger partial charge in [-0.15, -0.1) is 0 Å². The Labute approximate surface area is 160 Å². The van der Waals surface area contributed by atoms with Crippen molar-refractivity contribution in [2.24, 2.45) is 0 Å². The lowest BCUT2D eigenvalue weighted by atomic mass is 10.0. The third-order valence-corrected chi connectivity index (χ3v) is 6.23. The van der Waals surface area contributed by atoms with Gasteiger partial charge in [0.2, 0.25) is 11.8 Å². The van der Waals surface area contributed by atoms with Crippen LogP contribution in [0.4, 0.5) is 14.5 Å². The highest BCUT2D eigenvalue weighted by Gasteiger charge is 2.42. The molecule has 4 aliphatic heterocycles. The molecule has 4 aliphatic rings. The molecule has 3 unspecified atom stereocenters. The van der Waals surface area contributed by atoms with Gasteiger partial charge in [0, 0.05) is 38.1 Å². The number of piperidine rings is 1. The van der Waals surface area contributed by atoms with E-state index in [0.717, 1.165) is 12.8 Å². The van der Waals surface area contributed by atoms with Crippen LogP contribution in [-0.2, 0) is 16.1 Å². The summed E-state index contributed by atoms with van der Waals surface area (Å²) in [7, 11) is 0. The molecule has 3 atom stereocenters. The minimum atomic E-state index is -1.15. The van der Waals surface area contributed by atoms with Crippen molar-refractivity contribution in [1.29, 1.82) is 0 Å². The number of benzene rings is 1. The number of nitrogens with one attached hydrogen (secondary N) is 2. The molecule has 3 amide bonds. The van der Waals surface area contributed by atoms with Crippen LogP contribution in [0.25, 0.3) is 0 Å². The normalized spacial score (nSPS) is 29.4. The number of piperazine rings is 1. The number of imide groups is 1. The molecule has 7 nitrogen and oxygen atoms in total. The van der Waals surface area contributed by atoms with Crippen LogP contribution in [-0.4, -0.2) is 53.8 Å².